The number of H-pyrrole nitrogens is 1. The van der Waals surface area contributed by atoms with Gasteiger partial charge in [0.15, 0.2) is 0 Å². The molecule has 4 rings (SSSR count). The molecule has 1 aliphatic rings. The highest BCUT2D eigenvalue weighted by Crippen LogP contribution is 2.31. The topological polar surface area (TPSA) is 61.0 Å². The molecule has 2 heterocycles. The second-order valence-corrected chi connectivity index (χ2v) is 6.89. The summed E-state index contributed by atoms with van der Waals surface area (Å²) in [5.74, 6) is -0.0944. The predicted octanol–water partition coefficient (Wildman–Crippen LogP) is 3.23. The Kier molecular flexibility index (Phi) is 4.01. The number of nitrogens with one attached hydrogen (secondary N) is 2. The van der Waals surface area contributed by atoms with Crippen molar-refractivity contribution in [2.45, 2.75) is 25.3 Å². The molecule has 0 spiro atoms. The molecular formula is C20H22N4O. The number of rotatable bonds is 3. The van der Waals surface area contributed by atoms with Gasteiger partial charge in [-0.1, -0.05) is 0 Å². The number of likely N-dealkylation sites (N-methyl/N-ethyl adjacent to an activating group) is 1. The normalized spacial score (nSPS) is 16.8. The number of pyridine rings is 1. The zero-order chi connectivity index (χ0) is 17.4. The van der Waals surface area contributed by atoms with E-state index in [1.54, 1.807) is 24.5 Å². The van der Waals surface area contributed by atoms with E-state index in [2.05, 4.69) is 34.3 Å². The Labute approximate surface area is 147 Å². The minimum absolute atomic E-state index is 0.0944. The summed E-state index contributed by atoms with van der Waals surface area (Å²) in [5, 5.41) is 4.10. The van der Waals surface area contributed by atoms with Gasteiger partial charge >= 0.3 is 0 Å². The summed E-state index contributed by atoms with van der Waals surface area (Å²) in [7, 11) is 4.27. The Morgan fingerprint density at radius 3 is 2.80 bits per heavy atom. The van der Waals surface area contributed by atoms with Crippen molar-refractivity contribution in [3.63, 3.8) is 0 Å². The molecular weight excluding hydrogens is 312 g/mol. The molecule has 0 radical (unpaired) electrons. The van der Waals surface area contributed by atoms with Crippen LogP contribution in [0.2, 0.25) is 0 Å². The molecule has 1 aliphatic carbocycles. The van der Waals surface area contributed by atoms with E-state index in [0.29, 0.717) is 11.6 Å². The smallest absolute Gasteiger partial charge is 0.255 e. The molecule has 0 saturated heterocycles. The van der Waals surface area contributed by atoms with Gasteiger partial charge in [-0.2, -0.15) is 0 Å². The average molecular weight is 334 g/mol. The molecule has 25 heavy (non-hydrogen) atoms. The largest absolute Gasteiger partial charge is 0.358 e. The van der Waals surface area contributed by atoms with Crippen molar-refractivity contribution in [1.29, 1.82) is 0 Å². The van der Waals surface area contributed by atoms with E-state index in [4.69, 9.17) is 0 Å². The molecule has 5 heteroatoms. The second kappa shape index (κ2) is 6.33. The van der Waals surface area contributed by atoms with E-state index in [0.717, 1.165) is 24.0 Å². The summed E-state index contributed by atoms with van der Waals surface area (Å²) in [6.07, 6.45) is 6.59. The summed E-state index contributed by atoms with van der Waals surface area (Å²) in [6.45, 7) is 0. The van der Waals surface area contributed by atoms with Crippen molar-refractivity contribution in [2.24, 2.45) is 0 Å². The molecule has 128 valence electrons. The number of carbonyl (C=O) groups is 1. The van der Waals surface area contributed by atoms with Gasteiger partial charge in [-0.3, -0.25) is 9.78 Å². The standard InChI is InChI=1S/C20H22N4O/c1-24(2)15-4-6-19-17(12-15)16-11-13(3-5-18(16)23-19)20(25)22-14-7-9-21-10-8-14/h3,5,7-11,15,23H,4,6,12H2,1-2H3,(H,21,22,25)/t15-/m0/s1. The third-order valence-electron chi connectivity index (χ3n) is 5.09. The van der Waals surface area contributed by atoms with Crippen molar-refractivity contribution in [3.05, 3.63) is 59.5 Å². The lowest BCUT2D eigenvalue weighted by Crippen LogP contribution is -2.33. The predicted molar refractivity (Wildman–Crippen MR) is 100.0 cm³/mol. The number of aromatic amines is 1. The van der Waals surface area contributed by atoms with Crippen LogP contribution in [-0.4, -0.2) is 40.9 Å². The molecule has 0 unspecified atom stereocenters. The Balaban J connectivity index is 1.66. The van der Waals surface area contributed by atoms with Crippen molar-refractivity contribution in [3.8, 4) is 0 Å². The van der Waals surface area contributed by atoms with Crippen LogP contribution in [-0.2, 0) is 12.8 Å². The number of aryl methyl sites for hydroxylation is 1. The Morgan fingerprint density at radius 1 is 1.24 bits per heavy atom. The molecule has 0 aliphatic heterocycles. The number of nitrogens with zero attached hydrogens (tertiary/aromatic N) is 2. The van der Waals surface area contributed by atoms with Crippen LogP contribution in [0.1, 0.15) is 28.0 Å². The van der Waals surface area contributed by atoms with Gasteiger partial charge in [0.25, 0.3) is 5.91 Å². The lowest BCUT2D eigenvalue weighted by molar-refractivity contribution is 0.102. The van der Waals surface area contributed by atoms with Gasteiger partial charge in [0.2, 0.25) is 0 Å². The fourth-order valence-corrected chi connectivity index (χ4v) is 3.62. The summed E-state index contributed by atoms with van der Waals surface area (Å²) in [6, 6.07) is 10.0. The number of aromatic nitrogens is 2. The Morgan fingerprint density at radius 2 is 2.04 bits per heavy atom. The molecule has 1 atom stereocenters. The van der Waals surface area contributed by atoms with E-state index in [9.17, 15) is 4.79 Å². The zero-order valence-corrected chi connectivity index (χ0v) is 14.5. The van der Waals surface area contributed by atoms with Gasteiger partial charge < -0.3 is 15.2 Å². The number of hydrogen-bond acceptors (Lipinski definition) is 3. The Hall–Kier alpha value is -2.66. The van der Waals surface area contributed by atoms with Gasteiger partial charge in [0.1, 0.15) is 0 Å². The number of carbonyl (C=O) groups excluding carboxylic acids is 1. The fraction of sp³-hybridized carbons (Fsp3) is 0.300. The van der Waals surface area contributed by atoms with Gasteiger partial charge in [0, 0.05) is 46.3 Å². The van der Waals surface area contributed by atoms with Crippen LogP contribution in [0.25, 0.3) is 10.9 Å². The molecule has 1 amide bonds. The van der Waals surface area contributed by atoms with Crippen LogP contribution in [0.15, 0.2) is 42.7 Å². The lowest BCUT2D eigenvalue weighted by atomic mass is 9.90. The monoisotopic (exact) mass is 334 g/mol. The van der Waals surface area contributed by atoms with E-state index >= 15 is 0 Å². The number of fused-ring (bicyclic) bond motifs is 3. The van der Waals surface area contributed by atoms with Crippen LogP contribution in [0, 0.1) is 0 Å². The highest BCUT2D eigenvalue weighted by Gasteiger charge is 2.24. The van der Waals surface area contributed by atoms with Gasteiger partial charge in [-0.15, -0.1) is 0 Å². The molecule has 2 aromatic heterocycles. The van der Waals surface area contributed by atoms with Gasteiger partial charge in [-0.05, 0) is 69.3 Å². The van der Waals surface area contributed by atoms with Crippen LogP contribution < -0.4 is 5.32 Å². The van der Waals surface area contributed by atoms with Crippen molar-refractivity contribution in [2.75, 3.05) is 19.4 Å². The van der Waals surface area contributed by atoms with Gasteiger partial charge in [0.05, 0.1) is 0 Å². The number of benzene rings is 1. The summed E-state index contributed by atoms with van der Waals surface area (Å²) >= 11 is 0. The summed E-state index contributed by atoms with van der Waals surface area (Å²) in [5.41, 5.74) is 5.23. The van der Waals surface area contributed by atoms with Crippen molar-refractivity contribution in [1.82, 2.24) is 14.9 Å². The minimum atomic E-state index is -0.0944. The average Bonchev–Trinajstić information content (AvgIpc) is 2.99. The molecule has 0 fully saturated rings. The molecule has 5 nitrogen and oxygen atoms in total. The third-order valence-corrected chi connectivity index (χ3v) is 5.09. The number of hydrogen-bond donors (Lipinski definition) is 2. The summed E-state index contributed by atoms with van der Waals surface area (Å²) < 4.78 is 0. The van der Waals surface area contributed by atoms with E-state index in [1.807, 2.05) is 18.2 Å². The maximum atomic E-state index is 12.6. The van der Waals surface area contributed by atoms with Crippen LogP contribution in [0.5, 0.6) is 0 Å². The van der Waals surface area contributed by atoms with E-state index in [1.165, 1.54) is 23.1 Å². The van der Waals surface area contributed by atoms with Crippen molar-refractivity contribution < 1.29 is 4.79 Å². The zero-order valence-electron chi connectivity index (χ0n) is 14.5. The maximum Gasteiger partial charge on any atom is 0.255 e. The molecule has 2 N–H and O–H groups in total. The minimum Gasteiger partial charge on any atom is -0.358 e. The van der Waals surface area contributed by atoms with E-state index in [-0.39, 0.29) is 5.91 Å². The van der Waals surface area contributed by atoms with Crippen LogP contribution >= 0.6 is 0 Å². The fourth-order valence-electron chi connectivity index (χ4n) is 3.62. The first-order valence-corrected chi connectivity index (χ1v) is 8.63. The van der Waals surface area contributed by atoms with Crippen molar-refractivity contribution >= 4 is 22.5 Å². The van der Waals surface area contributed by atoms with Gasteiger partial charge in [-0.25, -0.2) is 0 Å². The SMILES string of the molecule is CN(C)[C@H]1CCc2[nH]c3ccc(C(=O)Nc4ccncc4)cc3c2C1. The first-order chi connectivity index (χ1) is 12.1. The number of amides is 1. The highest BCUT2D eigenvalue weighted by molar-refractivity contribution is 6.06. The second-order valence-electron chi connectivity index (χ2n) is 6.89. The lowest BCUT2D eigenvalue weighted by Gasteiger charge is -2.28. The third kappa shape index (κ3) is 3.03. The summed E-state index contributed by atoms with van der Waals surface area (Å²) in [4.78, 5) is 22.4. The van der Waals surface area contributed by atoms with Crippen LogP contribution in [0.3, 0.4) is 0 Å². The first-order valence-electron chi connectivity index (χ1n) is 8.63. The number of anilines is 1. The molecule has 0 saturated carbocycles. The molecule has 1 aromatic carbocycles. The molecule has 3 aromatic rings. The molecule has 0 bridgehead atoms. The quantitative estimate of drug-likeness (QED) is 0.773. The first kappa shape index (κ1) is 15.8. The maximum absolute atomic E-state index is 12.6. The van der Waals surface area contributed by atoms with E-state index < -0.39 is 0 Å². The highest BCUT2D eigenvalue weighted by atomic mass is 16.1. The van der Waals surface area contributed by atoms with Crippen LogP contribution in [0.4, 0.5) is 5.69 Å². The Bertz CT molecular complexity index is 914.